The molecule has 0 bridgehead atoms. The molecule has 23 heavy (non-hydrogen) atoms. The Bertz CT molecular complexity index is 691. The van der Waals surface area contributed by atoms with Crippen molar-refractivity contribution in [2.24, 2.45) is 5.73 Å². The molecule has 13 heteroatoms. The summed E-state index contributed by atoms with van der Waals surface area (Å²) in [5, 5.41) is 21.4. The molecule has 12 nitrogen and oxygen atoms in total. The van der Waals surface area contributed by atoms with E-state index in [0.29, 0.717) is 0 Å². The molecule has 2 aliphatic rings. The highest BCUT2D eigenvalue weighted by molar-refractivity contribution is 7.53. The van der Waals surface area contributed by atoms with Gasteiger partial charge in [0.25, 0.3) is 5.91 Å². The summed E-state index contributed by atoms with van der Waals surface area (Å²) in [6.45, 7) is -0.680. The third-order valence-electron chi connectivity index (χ3n) is 4.02. The van der Waals surface area contributed by atoms with Gasteiger partial charge in [0.2, 0.25) is 11.1 Å². The summed E-state index contributed by atoms with van der Waals surface area (Å²) in [6, 6.07) is 0. The fraction of sp³-hybridized carbons (Fsp3) is 0.600. The summed E-state index contributed by atoms with van der Waals surface area (Å²) in [7, 11) is -5.12. The lowest BCUT2D eigenvalue weighted by molar-refractivity contribution is -0.0752. The number of aromatic nitrogens is 2. The molecule has 0 aromatic carbocycles. The molecule has 0 radical (unpaired) electrons. The lowest BCUT2D eigenvalue weighted by Gasteiger charge is -2.47. The fourth-order valence-corrected chi connectivity index (χ4v) is 4.11. The number of ether oxygens (including phenoxy) is 1. The number of fused-ring (bicyclic) bond motifs is 1. The fourth-order valence-electron chi connectivity index (χ4n) is 2.84. The number of nitrogens with zero attached hydrogens (tertiary/aromatic N) is 1. The normalized spacial score (nSPS) is 37.2. The standard InChI is InChI=1S/C10H16N5O7P/c11-10(14-7-6(8(18)15-10)12-3-13-7)9(23(19,20)21)1-4(17)5(2-16)22-9/h3-5,14,16-17H,1-2,11H2,(H,12,13)(H,15,18)(H2,19,20,21)/t4-,5+,9?,10?/m0/s1. The van der Waals surface area contributed by atoms with Gasteiger partial charge in [-0.15, -0.1) is 0 Å². The quantitative estimate of drug-likeness (QED) is 0.263. The van der Waals surface area contributed by atoms with Gasteiger partial charge in [0.1, 0.15) is 11.8 Å². The number of aliphatic hydroxyl groups is 2. The van der Waals surface area contributed by atoms with Gasteiger partial charge in [-0.25, -0.2) is 4.98 Å². The van der Waals surface area contributed by atoms with E-state index in [-0.39, 0.29) is 11.5 Å². The van der Waals surface area contributed by atoms with Crippen LogP contribution in [0, 0.1) is 0 Å². The molecule has 1 saturated heterocycles. The van der Waals surface area contributed by atoms with Gasteiger partial charge in [0.15, 0.2) is 5.82 Å². The van der Waals surface area contributed by atoms with Crippen LogP contribution in [0.3, 0.4) is 0 Å². The van der Waals surface area contributed by atoms with Crippen molar-refractivity contribution in [3.8, 4) is 0 Å². The Morgan fingerprint density at radius 2 is 2.17 bits per heavy atom. The van der Waals surface area contributed by atoms with E-state index < -0.39 is 49.9 Å². The zero-order valence-corrected chi connectivity index (χ0v) is 12.5. The third-order valence-corrected chi connectivity index (χ3v) is 5.60. The highest BCUT2D eigenvalue weighted by atomic mass is 31.2. The first kappa shape index (κ1) is 16.3. The van der Waals surface area contributed by atoms with E-state index in [1.54, 1.807) is 0 Å². The Labute approximate surface area is 129 Å². The van der Waals surface area contributed by atoms with Crippen LogP contribution in [0.2, 0.25) is 0 Å². The Morgan fingerprint density at radius 1 is 1.48 bits per heavy atom. The summed E-state index contributed by atoms with van der Waals surface area (Å²) >= 11 is 0. The first-order valence-corrected chi connectivity index (χ1v) is 8.20. The summed E-state index contributed by atoms with van der Waals surface area (Å²) in [5.74, 6) is -3.03. The highest BCUT2D eigenvalue weighted by Gasteiger charge is 2.69. The van der Waals surface area contributed by atoms with Gasteiger partial charge >= 0.3 is 7.60 Å². The summed E-state index contributed by atoms with van der Waals surface area (Å²) in [4.78, 5) is 38.1. The van der Waals surface area contributed by atoms with Crippen molar-refractivity contribution in [1.29, 1.82) is 0 Å². The number of aliphatic hydroxyl groups excluding tert-OH is 2. The minimum absolute atomic E-state index is 0.0189. The van der Waals surface area contributed by atoms with Gasteiger partial charge in [-0.1, -0.05) is 0 Å². The molecule has 1 aromatic heterocycles. The van der Waals surface area contributed by atoms with E-state index in [1.165, 1.54) is 6.33 Å². The lowest BCUT2D eigenvalue weighted by atomic mass is 10.0. The first-order valence-electron chi connectivity index (χ1n) is 6.59. The number of hydrogen-bond donors (Lipinski definition) is 8. The number of amides is 1. The summed E-state index contributed by atoms with van der Waals surface area (Å²) in [5.41, 5.74) is 6.05. The molecule has 2 unspecified atom stereocenters. The maximum atomic E-state index is 12.1. The number of rotatable bonds is 3. The predicted molar refractivity (Wildman–Crippen MR) is 74.0 cm³/mol. The van der Waals surface area contributed by atoms with Crippen molar-refractivity contribution in [3.63, 3.8) is 0 Å². The molecule has 0 saturated carbocycles. The van der Waals surface area contributed by atoms with Crippen LogP contribution in [-0.4, -0.2) is 65.8 Å². The van der Waals surface area contributed by atoms with E-state index in [2.05, 4.69) is 20.6 Å². The molecule has 128 valence electrons. The average Bonchev–Trinajstić information content (AvgIpc) is 3.02. The predicted octanol–water partition coefficient (Wildman–Crippen LogP) is -2.81. The van der Waals surface area contributed by atoms with Crippen molar-refractivity contribution >= 4 is 19.3 Å². The maximum Gasteiger partial charge on any atom is 0.363 e. The number of hydrogen-bond acceptors (Lipinski definition) is 8. The van der Waals surface area contributed by atoms with Crippen molar-refractivity contribution in [1.82, 2.24) is 15.3 Å². The lowest BCUT2D eigenvalue weighted by Crippen LogP contribution is -2.76. The summed E-state index contributed by atoms with van der Waals surface area (Å²) in [6.07, 6.45) is -2.05. The van der Waals surface area contributed by atoms with E-state index in [1.807, 2.05) is 0 Å². The van der Waals surface area contributed by atoms with Gasteiger partial charge in [-0.2, -0.15) is 0 Å². The van der Waals surface area contributed by atoms with Crippen molar-refractivity contribution in [2.45, 2.75) is 29.8 Å². The van der Waals surface area contributed by atoms with Gasteiger partial charge < -0.3 is 40.4 Å². The number of imidazole rings is 1. The van der Waals surface area contributed by atoms with E-state index >= 15 is 0 Å². The van der Waals surface area contributed by atoms with Crippen LogP contribution in [0.4, 0.5) is 5.82 Å². The number of anilines is 1. The minimum Gasteiger partial charge on any atom is -0.394 e. The number of nitrogens with one attached hydrogen (secondary N) is 3. The minimum atomic E-state index is -5.12. The van der Waals surface area contributed by atoms with Crippen molar-refractivity contribution in [2.75, 3.05) is 11.9 Å². The number of H-pyrrole nitrogens is 1. The molecule has 0 aliphatic carbocycles. The van der Waals surface area contributed by atoms with Gasteiger partial charge in [0, 0.05) is 6.42 Å². The molecule has 1 fully saturated rings. The van der Waals surface area contributed by atoms with Crippen LogP contribution in [0.15, 0.2) is 6.33 Å². The molecular weight excluding hydrogens is 333 g/mol. The monoisotopic (exact) mass is 349 g/mol. The molecule has 0 spiro atoms. The molecule has 4 atom stereocenters. The van der Waals surface area contributed by atoms with Gasteiger partial charge in [0.05, 0.1) is 19.0 Å². The first-order chi connectivity index (χ1) is 10.6. The van der Waals surface area contributed by atoms with Crippen LogP contribution < -0.4 is 16.4 Å². The number of carbonyl (C=O) groups excluding carboxylic acids is 1. The number of aromatic amines is 1. The Hall–Kier alpha value is -1.53. The maximum absolute atomic E-state index is 12.1. The largest absolute Gasteiger partial charge is 0.394 e. The SMILES string of the molecule is NC1(C2(P(=O)(O)O)C[C@H](O)[C@@H](CO)O2)NC(=O)c2[nH]cnc2N1. The van der Waals surface area contributed by atoms with E-state index in [0.717, 1.165) is 0 Å². The number of nitrogens with two attached hydrogens (primary N) is 1. The van der Waals surface area contributed by atoms with E-state index in [4.69, 9.17) is 10.5 Å². The Kier molecular flexibility index (Phi) is 3.54. The molecule has 3 rings (SSSR count). The van der Waals surface area contributed by atoms with Crippen LogP contribution >= 0.6 is 7.60 Å². The topological polar surface area (TPSA) is 203 Å². The zero-order chi connectivity index (χ0) is 17.0. The average molecular weight is 349 g/mol. The molecule has 2 aliphatic heterocycles. The molecule has 9 N–H and O–H groups in total. The van der Waals surface area contributed by atoms with Gasteiger partial charge in [-0.05, 0) is 0 Å². The molecule has 3 heterocycles. The second-order valence-corrected chi connectivity index (χ2v) is 7.26. The van der Waals surface area contributed by atoms with Crippen LogP contribution in [-0.2, 0) is 9.30 Å². The molecule has 1 amide bonds. The third kappa shape index (κ3) is 2.19. The Balaban J connectivity index is 2.09. The Morgan fingerprint density at radius 3 is 2.74 bits per heavy atom. The highest BCUT2D eigenvalue weighted by Crippen LogP contribution is 2.61. The summed E-state index contributed by atoms with van der Waals surface area (Å²) < 4.78 is 17.4. The van der Waals surface area contributed by atoms with Crippen molar-refractivity contribution < 1.29 is 34.1 Å². The van der Waals surface area contributed by atoms with Crippen LogP contribution in [0.1, 0.15) is 16.9 Å². The van der Waals surface area contributed by atoms with E-state index in [9.17, 15) is 29.4 Å². The second-order valence-electron chi connectivity index (χ2n) is 5.45. The number of carbonyl (C=O) groups is 1. The van der Waals surface area contributed by atoms with Gasteiger partial charge in [-0.3, -0.25) is 15.1 Å². The van der Waals surface area contributed by atoms with Crippen LogP contribution in [0.25, 0.3) is 0 Å². The van der Waals surface area contributed by atoms with Crippen molar-refractivity contribution in [3.05, 3.63) is 12.0 Å². The second kappa shape index (κ2) is 4.98. The smallest absolute Gasteiger partial charge is 0.363 e. The van der Waals surface area contributed by atoms with Crippen LogP contribution in [0.5, 0.6) is 0 Å². The molecule has 1 aromatic rings. The zero-order valence-electron chi connectivity index (χ0n) is 11.6. The molecular formula is C10H16N5O7P.